The zero-order valence-electron chi connectivity index (χ0n) is 15.7. The molecule has 4 heterocycles. The van der Waals surface area contributed by atoms with Crippen LogP contribution in [-0.2, 0) is 0 Å². The van der Waals surface area contributed by atoms with Crippen molar-refractivity contribution in [3.8, 4) is 11.6 Å². The lowest BCUT2D eigenvalue weighted by atomic mass is 9.91. The molecule has 0 radical (unpaired) electrons. The summed E-state index contributed by atoms with van der Waals surface area (Å²) in [6, 6.07) is 1.73. The van der Waals surface area contributed by atoms with Gasteiger partial charge < -0.3 is 26.5 Å². The van der Waals surface area contributed by atoms with Gasteiger partial charge in [0.25, 0.3) is 5.89 Å². The number of nitrogens with zero attached hydrogens (tertiary/aromatic N) is 6. The number of aromatic nitrogens is 5. The largest absolute Gasteiger partial charge is 0.422 e. The number of rotatable bonds is 4. The molecule has 29 heavy (non-hydrogen) atoms. The highest BCUT2D eigenvalue weighted by molar-refractivity contribution is 7.99. The summed E-state index contributed by atoms with van der Waals surface area (Å²) in [4.78, 5) is 16.0. The summed E-state index contributed by atoms with van der Waals surface area (Å²) in [6.07, 6.45) is 4.45. The van der Waals surface area contributed by atoms with Crippen molar-refractivity contribution in [2.45, 2.75) is 35.2 Å². The molecule has 4 rings (SSSR count). The van der Waals surface area contributed by atoms with E-state index in [4.69, 9.17) is 33.2 Å². The molecule has 1 aliphatic rings. The summed E-state index contributed by atoms with van der Waals surface area (Å²) < 4.78 is 5.40. The first kappa shape index (κ1) is 19.7. The van der Waals surface area contributed by atoms with Crippen molar-refractivity contribution in [3.63, 3.8) is 0 Å². The number of halogens is 1. The van der Waals surface area contributed by atoms with Crippen molar-refractivity contribution in [2.75, 3.05) is 29.5 Å². The lowest BCUT2D eigenvalue weighted by Crippen LogP contribution is -2.48. The highest BCUT2D eigenvalue weighted by Gasteiger charge is 2.30. The number of hydrogen-bond donors (Lipinski definition) is 3. The van der Waals surface area contributed by atoms with Gasteiger partial charge in [-0.05, 0) is 25.8 Å². The van der Waals surface area contributed by atoms with E-state index < -0.39 is 0 Å². The Morgan fingerprint density at radius 3 is 2.66 bits per heavy atom. The summed E-state index contributed by atoms with van der Waals surface area (Å²) in [5.74, 6) is 1.35. The van der Waals surface area contributed by atoms with Crippen LogP contribution >= 0.6 is 23.4 Å². The zero-order valence-corrected chi connectivity index (χ0v) is 17.2. The van der Waals surface area contributed by atoms with Crippen LogP contribution in [0.3, 0.4) is 0 Å². The van der Waals surface area contributed by atoms with Gasteiger partial charge in [0.1, 0.15) is 10.8 Å². The molecule has 1 fully saturated rings. The summed E-state index contributed by atoms with van der Waals surface area (Å²) >= 11 is 7.50. The van der Waals surface area contributed by atoms with Crippen LogP contribution in [-0.4, -0.2) is 43.8 Å². The summed E-state index contributed by atoms with van der Waals surface area (Å²) in [5.41, 5.74) is 18.5. The van der Waals surface area contributed by atoms with E-state index in [0.29, 0.717) is 26.5 Å². The lowest BCUT2D eigenvalue weighted by molar-refractivity contribution is 0.363. The maximum absolute atomic E-state index is 6.26. The van der Waals surface area contributed by atoms with E-state index in [0.717, 1.165) is 25.9 Å². The Labute approximate surface area is 176 Å². The van der Waals surface area contributed by atoms with E-state index in [9.17, 15) is 0 Å². The van der Waals surface area contributed by atoms with E-state index >= 15 is 0 Å². The first-order valence-electron chi connectivity index (χ1n) is 8.90. The normalized spacial score (nSPS) is 16.2. The number of piperidine rings is 1. The Bertz CT molecular complexity index is 1020. The van der Waals surface area contributed by atoms with Crippen molar-refractivity contribution >= 4 is 40.8 Å². The molecule has 0 bridgehead atoms. The van der Waals surface area contributed by atoms with Crippen LogP contribution < -0.4 is 22.1 Å². The monoisotopic (exact) mass is 433 g/mol. The summed E-state index contributed by atoms with van der Waals surface area (Å²) in [5, 5.41) is 8.55. The molecule has 0 atom stereocenters. The molecule has 3 aromatic rings. The van der Waals surface area contributed by atoms with Gasteiger partial charge in [-0.1, -0.05) is 23.4 Å². The second-order valence-corrected chi connectivity index (χ2v) is 8.49. The quantitative estimate of drug-likeness (QED) is 0.553. The molecule has 0 amide bonds. The molecule has 0 aromatic carbocycles. The summed E-state index contributed by atoms with van der Waals surface area (Å²) in [7, 11) is 0. The van der Waals surface area contributed by atoms with E-state index in [1.807, 2.05) is 6.92 Å². The van der Waals surface area contributed by atoms with Gasteiger partial charge in [-0.2, -0.15) is 0 Å². The zero-order chi connectivity index (χ0) is 20.6. The van der Waals surface area contributed by atoms with E-state index in [1.165, 1.54) is 18.2 Å². The van der Waals surface area contributed by atoms with Gasteiger partial charge in [0.15, 0.2) is 17.3 Å². The summed E-state index contributed by atoms with van der Waals surface area (Å²) in [6.45, 7) is 3.50. The lowest BCUT2D eigenvalue weighted by Gasteiger charge is -2.37. The van der Waals surface area contributed by atoms with Gasteiger partial charge in [0.2, 0.25) is 6.39 Å². The smallest absolute Gasteiger partial charge is 0.269 e. The second-order valence-electron chi connectivity index (χ2n) is 7.08. The fourth-order valence-corrected chi connectivity index (χ4v) is 4.04. The number of nitrogen functional groups attached to an aromatic ring is 2. The van der Waals surface area contributed by atoms with E-state index in [-0.39, 0.29) is 23.1 Å². The van der Waals surface area contributed by atoms with Crippen molar-refractivity contribution in [3.05, 3.63) is 23.7 Å². The molecular weight excluding hydrogens is 414 g/mol. The molecule has 152 valence electrons. The van der Waals surface area contributed by atoms with Gasteiger partial charge >= 0.3 is 0 Å². The van der Waals surface area contributed by atoms with Crippen molar-refractivity contribution in [1.29, 1.82) is 0 Å². The first-order chi connectivity index (χ1) is 13.8. The first-order valence-corrected chi connectivity index (χ1v) is 10.1. The van der Waals surface area contributed by atoms with Crippen molar-refractivity contribution < 1.29 is 4.42 Å². The third kappa shape index (κ3) is 4.07. The topological polar surface area (TPSA) is 159 Å². The fraction of sp³-hybridized carbons (Fsp3) is 0.353. The number of anilines is 3. The number of nitrogens with two attached hydrogens (primary N) is 3. The van der Waals surface area contributed by atoms with Crippen LogP contribution in [0.2, 0.25) is 5.02 Å². The highest BCUT2D eigenvalue weighted by atomic mass is 35.5. The predicted octanol–water partition coefficient (Wildman–Crippen LogP) is 2.21. The molecule has 0 unspecified atom stereocenters. The standard InChI is InChI=1S/C17H20ClN9OS/c1-17(21)3-6-27(7-4-17)14-11(15-26-23-8-28-15)24-16(13(20)25-14)29-9-2-5-22-12(19)10(9)18/h2,5,8H,3-4,6-7,21H2,1H3,(H2,19,22)(H2,20,25). The molecule has 1 aliphatic heterocycles. The average molecular weight is 434 g/mol. The Kier molecular flexibility index (Phi) is 5.19. The van der Waals surface area contributed by atoms with Gasteiger partial charge in [-0.3, -0.25) is 0 Å². The minimum Gasteiger partial charge on any atom is -0.422 e. The molecular formula is C17H20ClN9OS. The van der Waals surface area contributed by atoms with Gasteiger partial charge in [0.05, 0.1) is 5.02 Å². The molecule has 0 spiro atoms. The Hall–Kier alpha value is -2.63. The fourth-order valence-electron chi connectivity index (χ4n) is 2.99. The highest BCUT2D eigenvalue weighted by Crippen LogP contribution is 2.39. The van der Waals surface area contributed by atoms with Gasteiger partial charge in [-0.15, -0.1) is 10.2 Å². The van der Waals surface area contributed by atoms with Crippen molar-refractivity contribution in [1.82, 2.24) is 25.1 Å². The molecule has 10 nitrogen and oxygen atoms in total. The van der Waals surface area contributed by atoms with Crippen LogP contribution in [0, 0.1) is 0 Å². The number of hydrogen-bond acceptors (Lipinski definition) is 11. The van der Waals surface area contributed by atoms with Crippen LogP contribution in [0.5, 0.6) is 0 Å². The molecule has 6 N–H and O–H groups in total. The minimum absolute atomic E-state index is 0.200. The third-order valence-corrected chi connectivity index (χ3v) is 6.29. The third-order valence-electron chi connectivity index (χ3n) is 4.73. The van der Waals surface area contributed by atoms with Gasteiger partial charge in [0, 0.05) is 29.7 Å². The van der Waals surface area contributed by atoms with Crippen molar-refractivity contribution in [2.24, 2.45) is 5.73 Å². The van der Waals surface area contributed by atoms with E-state index in [1.54, 1.807) is 12.3 Å². The molecule has 1 saturated heterocycles. The van der Waals surface area contributed by atoms with Crippen LogP contribution in [0.1, 0.15) is 19.8 Å². The average Bonchev–Trinajstić information content (AvgIpc) is 3.21. The Morgan fingerprint density at radius 1 is 1.21 bits per heavy atom. The maximum atomic E-state index is 6.26. The maximum Gasteiger partial charge on any atom is 0.269 e. The Morgan fingerprint density at radius 2 is 1.97 bits per heavy atom. The molecule has 12 heteroatoms. The number of pyridine rings is 1. The van der Waals surface area contributed by atoms with Crippen LogP contribution in [0.25, 0.3) is 11.6 Å². The minimum atomic E-state index is -0.200. The molecule has 3 aromatic heterocycles. The molecule has 0 aliphatic carbocycles. The van der Waals surface area contributed by atoms with Gasteiger partial charge in [-0.25, -0.2) is 15.0 Å². The second kappa shape index (κ2) is 7.65. The van der Waals surface area contributed by atoms with E-state index in [2.05, 4.69) is 30.0 Å². The predicted molar refractivity (Wildman–Crippen MR) is 112 cm³/mol. The SMILES string of the molecule is CC1(N)CCN(c2nc(N)c(Sc3ccnc(N)c3Cl)nc2-c2nnco2)CC1. The van der Waals surface area contributed by atoms with Crippen LogP contribution in [0.15, 0.2) is 33.0 Å². The Balaban J connectivity index is 1.74. The van der Waals surface area contributed by atoms with Crippen LogP contribution in [0.4, 0.5) is 17.5 Å². The molecule has 0 saturated carbocycles.